The third-order valence-corrected chi connectivity index (χ3v) is 7.02. The van der Waals surface area contributed by atoms with Crippen LogP contribution in [0.25, 0.3) is 0 Å². The maximum Gasteiger partial charge on any atom is 0.141 e. The van der Waals surface area contributed by atoms with Gasteiger partial charge in [-0.3, -0.25) is 0 Å². The molecule has 0 bridgehead atoms. The highest BCUT2D eigenvalue weighted by atomic mass is 35.5. The second kappa shape index (κ2) is 8.51. The first-order chi connectivity index (χ1) is 14.6. The van der Waals surface area contributed by atoms with Crippen molar-refractivity contribution in [1.82, 2.24) is 0 Å². The molecule has 2 aliphatic heterocycles. The van der Waals surface area contributed by atoms with Crippen molar-refractivity contribution in [2.24, 2.45) is 0 Å². The number of aliphatic hydroxyl groups is 2. The van der Waals surface area contributed by atoms with E-state index in [4.69, 9.17) is 21.1 Å². The van der Waals surface area contributed by atoms with Crippen molar-refractivity contribution >= 4 is 11.6 Å². The molecule has 5 rings (SSSR count). The molecule has 3 unspecified atom stereocenters. The summed E-state index contributed by atoms with van der Waals surface area (Å²) in [4.78, 5) is 0. The Morgan fingerprint density at radius 1 is 1.10 bits per heavy atom. The highest BCUT2D eigenvalue weighted by molar-refractivity contribution is 6.33. The molecule has 1 aliphatic carbocycles. The van der Waals surface area contributed by atoms with Crippen LogP contribution in [0, 0.1) is 0 Å². The minimum Gasteiger partial charge on any atom is -0.492 e. The zero-order valence-electron chi connectivity index (χ0n) is 17.1. The lowest BCUT2D eigenvalue weighted by Gasteiger charge is -2.35. The number of aliphatic hydroxyl groups excluding tert-OH is 2. The topological polar surface area (TPSA) is 58.9 Å². The molecular formula is C25H29ClO4. The Morgan fingerprint density at radius 3 is 2.63 bits per heavy atom. The number of ether oxygens (including phenoxy) is 2. The first kappa shape index (κ1) is 20.3. The highest BCUT2D eigenvalue weighted by Gasteiger charge is 2.33. The molecule has 160 valence electrons. The zero-order valence-corrected chi connectivity index (χ0v) is 17.9. The number of hydrogen-bond donors (Lipinski definition) is 2. The standard InChI is InChI=1S/C25H29ClO4/c26-24-18(10-15-3-5-16(6-4-15)17-7-8-17)11-22(21-2-1-9-29-25(21)24)23-13-19(28)12-20(14-27)30-23/h3-6,11,17,19-20,23,27-28H,1-2,7-10,12-14H2. The van der Waals surface area contributed by atoms with E-state index in [1.807, 2.05) is 0 Å². The van der Waals surface area contributed by atoms with Gasteiger partial charge in [0.05, 0.1) is 36.5 Å². The van der Waals surface area contributed by atoms with Crippen LogP contribution in [0.4, 0.5) is 0 Å². The lowest BCUT2D eigenvalue weighted by atomic mass is 9.88. The van der Waals surface area contributed by atoms with E-state index >= 15 is 0 Å². The molecule has 0 radical (unpaired) electrons. The van der Waals surface area contributed by atoms with Gasteiger partial charge in [0.1, 0.15) is 5.75 Å². The van der Waals surface area contributed by atoms with E-state index in [0.717, 1.165) is 47.6 Å². The van der Waals surface area contributed by atoms with Crippen molar-refractivity contribution in [2.45, 2.75) is 69.2 Å². The van der Waals surface area contributed by atoms with Crippen molar-refractivity contribution in [1.29, 1.82) is 0 Å². The molecule has 5 heteroatoms. The van der Waals surface area contributed by atoms with Gasteiger partial charge in [-0.1, -0.05) is 41.9 Å². The smallest absolute Gasteiger partial charge is 0.141 e. The summed E-state index contributed by atoms with van der Waals surface area (Å²) in [5.74, 6) is 1.52. The van der Waals surface area contributed by atoms with E-state index in [1.165, 1.54) is 24.0 Å². The predicted molar refractivity (Wildman–Crippen MR) is 116 cm³/mol. The summed E-state index contributed by atoms with van der Waals surface area (Å²) in [6.45, 7) is 0.582. The summed E-state index contributed by atoms with van der Waals surface area (Å²) in [6.07, 6.45) is 5.10. The average Bonchev–Trinajstić information content (AvgIpc) is 3.61. The largest absolute Gasteiger partial charge is 0.492 e. The average molecular weight is 429 g/mol. The van der Waals surface area contributed by atoms with E-state index in [9.17, 15) is 10.2 Å². The van der Waals surface area contributed by atoms with Gasteiger partial charge in [-0.25, -0.2) is 0 Å². The van der Waals surface area contributed by atoms with Crippen LogP contribution < -0.4 is 4.74 Å². The number of rotatable bonds is 5. The van der Waals surface area contributed by atoms with E-state index in [2.05, 4.69) is 30.3 Å². The summed E-state index contributed by atoms with van der Waals surface area (Å²) >= 11 is 6.81. The monoisotopic (exact) mass is 428 g/mol. The summed E-state index contributed by atoms with van der Waals surface area (Å²) < 4.78 is 12.1. The molecule has 0 spiro atoms. The molecule has 2 aromatic carbocycles. The number of hydrogen-bond acceptors (Lipinski definition) is 4. The second-order valence-electron chi connectivity index (χ2n) is 8.95. The summed E-state index contributed by atoms with van der Waals surface area (Å²) in [6, 6.07) is 11.0. The summed E-state index contributed by atoms with van der Waals surface area (Å²) in [5.41, 5.74) is 5.82. The van der Waals surface area contributed by atoms with E-state index < -0.39 is 6.10 Å². The summed E-state index contributed by atoms with van der Waals surface area (Å²) in [5, 5.41) is 20.6. The SMILES string of the molecule is OCC1CC(O)CC(c2cc(Cc3ccc(C4CC4)cc3)c(Cl)c3c2CCCO3)O1. The minimum atomic E-state index is -0.477. The second-order valence-corrected chi connectivity index (χ2v) is 9.32. The van der Waals surface area contributed by atoms with Gasteiger partial charge < -0.3 is 19.7 Å². The Bertz CT molecular complexity index is 906. The van der Waals surface area contributed by atoms with Crippen molar-refractivity contribution in [3.8, 4) is 5.75 Å². The van der Waals surface area contributed by atoms with Crippen molar-refractivity contribution in [2.75, 3.05) is 13.2 Å². The Morgan fingerprint density at radius 2 is 1.90 bits per heavy atom. The first-order valence-electron chi connectivity index (χ1n) is 11.1. The van der Waals surface area contributed by atoms with Crippen LogP contribution in [0.15, 0.2) is 30.3 Å². The molecule has 1 saturated heterocycles. The molecule has 2 aromatic rings. The minimum absolute atomic E-state index is 0.0833. The number of halogens is 1. The van der Waals surface area contributed by atoms with Crippen LogP contribution in [0.5, 0.6) is 5.75 Å². The predicted octanol–water partition coefficient (Wildman–Crippen LogP) is 4.71. The van der Waals surface area contributed by atoms with E-state index in [-0.39, 0.29) is 18.8 Å². The van der Waals surface area contributed by atoms with Crippen LogP contribution in [-0.4, -0.2) is 35.6 Å². The fraction of sp³-hybridized carbons (Fsp3) is 0.520. The molecule has 0 amide bonds. The van der Waals surface area contributed by atoms with Gasteiger partial charge in [0.15, 0.2) is 0 Å². The van der Waals surface area contributed by atoms with Gasteiger partial charge in [0, 0.05) is 18.4 Å². The molecule has 2 heterocycles. The molecule has 2 N–H and O–H groups in total. The Kier molecular flexibility index (Phi) is 5.76. The van der Waals surface area contributed by atoms with Gasteiger partial charge in [-0.2, -0.15) is 0 Å². The van der Waals surface area contributed by atoms with Crippen LogP contribution in [0.2, 0.25) is 5.02 Å². The third-order valence-electron chi connectivity index (χ3n) is 6.60. The fourth-order valence-electron chi connectivity index (χ4n) is 4.85. The van der Waals surface area contributed by atoms with Gasteiger partial charge in [-0.15, -0.1) is 0 Å². The maximum atomic E-state index is 10.3. The van der Waals surface area contributed by atoms with Gasteiger partial charge in [-0.05, 0) is 60.3 Å². The number of fused-ring (bicyclic) bond motifs is 1. The molecular weight excluding hydrogens is 400 g/mol. The van der Waals surface area contributed by atoms with Gasteiger partial charge in [0.2, 0.25) is 0 Å². The van der Waals surface area contributed by atoms with E-state index in [1.54, 1.807) is 0 Å². The maximum absolute atomic E-state index is 10.3. The molecule has 3 atom stereocenters. The fourth-order valence-corrected chi connectivity index (χ4v) is 5.14. The molecule has 2 fully saturated rings. The highest BCUT2D eigenvalue weighted by Crippen LogP contribution is 2.44. The zero-order chi connectivity index (χ0) is 20.7. The number of benzene rings is 2. The van der Waals surface area contributed by atoms with Crippen molar-refractivity contribution in [3.63, 3.8) is 0 Å². The first-order valence-corrected chi connectivity index (χ1v) is 11.5. The van der Waals surface area contributed by atoms with Gasteiger partial charge >= 0.3 is 0 Å². The Hall–Kier alpha value is -1.59. The van der Waals surface area contributed by atoms with Crippen molar-refractivity contribution in [3.05, 3.63) is 63.2 Å². The van der Waals surface area contributed by atoms with Crippen LogP contribution in [0.3, 0.4) is 0 Å². The molecule has 30 heavy (non-hydrogen) atoms. The Labute approximate surface area is 182 Å². The van der Waals surface area contributed by atoms with Crippen molar-refractivity contribution < 1.29 is 19.7 Å². The summed E-state index contributed by atoms with van der Waals surface area (Å²) in [7, 11) is 0. The molecule has 0 aromatic heterocycles. The van der Waals surface area contributed by atoms with Gasteiger partial charge in [0.25, 0.3) is 0 Å². The molecule has 4 nitrogen and oxygen atoms in total. The van der Waals surface area contributed by atoms with Crippen LogP contribution in [-0.2, 0) is 17.6 Å². The normalized spacial score (nSPS) is 26.2. The van der Waals surface area contributed by atoms with Crippen LogP contribution in [0.1, 0.15) is 71.9 Å². The lowest BCUT2D eigenvalue weighted by molar-refractivity contribution is -0.114. The molecule has 3 aliphatic rings. The third kappa shape index (κ3) is 4.11. The lowest BCUT2D eigenvalue weighted by Crippen LogP contribution is -2.34. The quantitative estimate of drug-likeness (QED) is 0.724. The van der Waals surface area contributed by atoms with E-state index in [0.29, 0.717) is 24.5 Å². The van der Waals surface area contributed by atoms with Crippen LogP contribution >= 0.6 is 11.6 Å². The molecule has 1 saturated carbocycles. The Balaban J connectivity index is 1.48.